The van der Waals surface area contributed by atoms with E-state index in [-0.39, 0.29) is 11.9 Å². The fourth-order valence-corrected chi connectivity index (χ4v) is 4.14. The molecule has 3 atom stereocenters. The monoisotopic (exact) mass is 328 g/mol. The number of rotatable bonds is 4. The number of nitrogens with zero attached hydrogens (tertiary/aromatic N) is 3. The van der Waals surface area contributed by atoms with Crippen molar-refractivity contribution in [2.45, 2.75) is 57.3 Å². The molecule has 4 rings (SSSR count). The van der Waals surface area contributed by atoms with Crippen LogP contribution in [0.25, 0.3) is 0 Å². The van der Waals surface area contributed by atoms with Crippen molar-refractivity contribution in [3.8, 4) is 0 Å². The molecule has 1 fully saturated rings. The third-order valence-corrected chi connectivity index (χ3v) is 5.36. The van der Waals surface area contributed by atoms with Crippen LogP contribution in [0.1, 0.15) is 41.7 Å². The van der Waals surface area contributed by atoms with E-state index >= 15 is 0 Å². The maximum Gasteiger partial charge on any atom is 0.253 e. The van der Waals surface area contributed by atoms with Gasteiger partial charge in [0.05, 0.1) is 24.0 Å². The highest BCUT2D eigenvalue weighted by Gasteiger charge is 2.34. The molecule has 24 heavy (non-hydrogen) atoms. The van der Waals surface area contributed by atoms with Crippen LogP contribution >= 0.6 is 0 Å². The van der Waals surface area contributed by atoms with Crippen LogP contribution < -0.4 is 5.32 Å². The summed E-state index contributed by atoms with van der Waals surface area (Å²) in [5.74, 6) is 0.320. The van der Waals surface area contributed by atoms with E-state index in [0.717, 1.165) is 50.0 Å². The molecule has 0 bridgehead atoms. The van der Waals surface area contributed by atoms with Gasteiger partial charge in [0.1, 0.15) is 0 Å². The van der Waals surface area contributed by atoms with Crippen molar-refractivity contribution in [1.82, 2.24) is 19.4 Å². The van der Waals surface area contributed by atoms with Crippen molar-refractivity contribution in [3.05, 3.63) is 42.2 Å². The van der Waals surface area contributed by atoms with Gasteiger partial charge in [-0.15, -0.1) is 0 Å². The topological polar surface area (TPSA) is 72.1 Å². The fourth-order valence-electron chi connectivity index (χ4n) is 4.14. The molecule has 2 aromatic heterocycles. The van der Waals surface area contributed by atoms with E-state index in [1.54, 1.807) is 12.5 Å². The van der Waals surface area contributed by atoms with Gasteiger partial charge in [-0.2, -0.15) is 0 Å². The van der Waals surface area contributed by atoms with Crippen LogP contribution in [-0.4, -0.2) is 37.3 Å². The zero-order valence-corrected chi connectivity index (χ0v) is 13.8. The molecule has 1 aliphatic heterocycles. The molecular weight excluding hydrogens is 304 g/mol. The average molecular weight is 328 g/mol. The summed E-state index contributed by atoms with van der Waals surface area (Å²) in [5.41, 5.74) is 1.92. The van der Waals surface area contributed by atoms with Gasteiger partial charge in [-0.1, -0.05) is 0 Å². The highest BCUT2D eigenvalue weighted by atomic mass is 16.3. The van der Waals surface area contributed by atoms with Gasteiger partial charge in [0, 0.05) is 37.4 Å². The number of imidazole rings is 1. The lowest BCUT2D eigenvalue weighted by atomic mass is 10.1. The zero-order valence-electron chi connectivity index (χ0n) is 13.8. The number of aliphatic hydroxyl groups excluding tert-OH is 1. The first kappa shape index (κ1) is 15.4. The fraction of sp³-hybridized carbons (Fsp3) is 0.556. The molecule has 2 N–H and O–H groups in total. The second-order valence-corrected chi connectivity index (χ2v) is 7.07. The van der Waals surface area contributed by atoms with Crippen LogP contribution in [0.4, 0.5) is 0 Å². The molecule has 6 heteroatoms. The van der Waals surface area contributed by atoms with Crippen molar-refractivity contribution in [1.29, 1.82) is 0 Å². The quantitative estimate of drug-likeness (QED) is 0.895. The molecule has 2 aliphatic rings. The Morgan fingerprint density at radius 2 is 2.25 bits per heavy atom. The molecule has 0 radical (unpaired) electrons. The summed E-state index contributed by atoms with van der Waals surface area (Å²) in [4.78, 5) is 16.7. The minimum absolute atomic E-state index is 0.0435. The average Bonchev–Trinajstić information content (AvgIpc) is 3.29. The summed E-state index contributed by atoms with van der Waals surface area (Å²) in [6.45, 7) is 1.84. The predicted octanol–water partition coefficient (Wildman–Crippen LogP) is 1.59. The van der Waals surface area contributed by atoms with Crippen LogP contribution in [-0.2, 0) is 19.5 Å². The molecule has 0 aromatic carbocycles. The number of amides is 1. The van der Waals surface area contributed by atoms with Gasteiger partial charge < -0.3 is 19.6 Å². The van der Waals surface area contributed by atoms with Gasteiger partial charge in [-0.05, 0) is 44.1 Å². The summed E-state index contributed by atoms with van der Waals surface area (Å²) in [7, 11) is 0. The van der Waals surface area contributed by atoms with Crippen molar-refractivity contribution in [3.63, 3.8) is 0 Å². The number of fused-ring (bicyclic) bond motifs is 1. The van der Waals surface area contributed by atoms with Gasteiger partial charge in [0.15, 0.2) is 0 Å². The molecule has 1 amide bonds. The maximum absolute atomic E-state index is 12.7. The lowest BCUT2D eigenvalue weighted by Crippen LogP contribution is -2.40. The lowest BCUT2D eigenvalue weighted by Gasteiger charge is -2.19. The molecule has 1 unspecified atom stereocenters. The number of carbonyl (C=O) groups is 1. The van der Waals surface area contributed by atoms with Gasteiger partial charge >= 0.3 is 0 Å². The number of nitrogens with one attached hydrogen (secondary N) is 1. The first-order valence-corrected chi connectivity index (χ1v) is 8.83. The summed E-state index contributed by atoms with van der Waals surface area (Å²) in [5, 5.41) is 13.4. The van der Waals surface area contributed by atoms with Gasteiger partial charge in [-0.3, -0.25) is 4.79 Å². The van der Waals surface area contributed by atoms with E-state index in [1.165, 1.54) is 6.42 Å². The highest BCUT2D eigenvalue weighted by Crippen LogP contribution is 2.28. The minimum Gasteiger partial charge on any atom is -0.391 e. The van der Waals surface area contributed by atoms with E-state index in [9.17, 15) is 9.90 Å². The number of hydrogen-bond acceptors (Lipinski definition) is 3. The Bertz CT molecular complexity index is 707. The molecule has 0 saturated heterocycles. The summed E-state index contributed by atoms with van der Waals surface area (Å²) in [6.07, 6.45) is 11.9. The molecule has 2 aromatic rings. The first-order valence-electron chi connectivity index (χ1n) is 8.83. The SMILES string of the molecule is O=C(N[C@@H]1CC(Cn2ccnc2)C[C@H]1O)c1ccn2c1CCCC2. The Balaban J connectivity index is 1.40. The van der Waals surface area contributed by atoms with E-state index in [1.807, 2.05) is 23.0 Å². The molecule has 1 aliphatic carbocycles. The summed E-state index contributed by atoms with van der Waals surface area (Å²) >= 11 is 0. The van der Waals surface area contributed by atoms with Gasteiger partial charge in [0.25, 0.3) is 5.91 Å². The van der Waals surface area contributed by atoms with Crippen LogP contribution in [0.5, 0.6) is 0 Å². The second kappa shape index (κ2) is 6.43. The molecule has 6 nitrogen and oxygen atoms in total. The van der Waals surface area contributed by atoms with Crippen LogP contribution in [0, 0.1) is 5.92 Å². The lowest BCUT2D eigenvalue weighted by molar-refractivity contribution is 0.0871. The van der Waals surface area contributed by atoms with Crippen LogP contribution in [0.3, 0.4) is 0 Å². The Morgan fingerprint density at radius 3 is 3.08 bits per heavy atom. The molecule has 1 saturated carbocycles. The van der Waals surface area contributed by atoms with Crippen molar-refractivity contribution in [2.75, 3.05) is 0 Å². The zero-order chi connectivity index (χ0) is 16.5. The largest absolute Gasteiger partial charge is 0.391 e. The van der Waals surface area contributed by atoms with Gasteiger partial charge in [-0.25, -0.2) is 4.98 Å². The van der Waals surface area contributed by atoms with Crippen molar-refractivity contribution in [2.24, 2.45) is 5.92 Å². The second-order valence-electron chi connectivity index (χ2n) is 7.07. The third-order valence-electron chi connectivity index (χ3n) is 5.36. The maximum atomic E-state index is 12.7. The highest BCUT2D eigenvalue weighted by molar-refractivity contribution is 5.95. The Kier molecular flexibility index (Phi) is 4.14. The van der Waals surface area contributed by atoms with Crippen LogP contribution in [0.2, 0.25) is 0 Å². The minimum atomic E-state index is -0.471. The van der Waals surface area contributed by atoms with E-state index in [4.69, 9.17) is 0 Å². The third kappa shape index (κ3) is 2.98. The van der Waals surface area contributed by atoms with Crippen LogP contribution in [0.15, 0.2) is 31.0 Å². The van der Waals surface area contributed by atoms with Gasteiger partial charge in [0.2, 0.25) is 0 Å². The standard InChI is InChI=1S/C18H24N4O2/c23-17-10-13(11-21-8-5-19-12-21)9-15(17)20-18(24)14-4-7-22-6-2-1-3-16(14)22/h4-5,7-8,12-13,15,17,23H,1-3,6,9-11H2,(H,20,24)/t13?,15-,17-/m1/s1. The summed E-state index contributed by atoms with van der Waals surface area (Å²) in [6, 6.07) is 1.76. The number of hydrogen-bond donors (Lipinski definition) is 2. The smallest absolute Gasteiger partial charge is 0.253 e. The molecular formula is C18H24N4O2. The normalized spacial score (nSPS) is 26.3. The van der Waals surface area contributed by atoms with Crippen molar-refractivity contribution < 1.29 is 9.90 Å². The van der Waals surface area contributed by atoms with E-state index < -0.39 is 6.10 Å². The molecule has 3 heterocycles. The molecule has 0 spiro atoms. The predicted molar refractivity (Wildman–Crippen MR) is 89.6 cm³/mol. The van der Waals surface area contributed by atoms with E-state index in [0.29, 0.717) is 5.92 Å². The van der Waals surface area contributed by atoms with Crippen molar-refractivity contribution >= 4 is 5.91 Å². The number of aromatic nitrogens is 3. The Morgan fingerprint density at radius 1 is 1.33 bits per heavy atom. The molecule has 128 valence electrons. The summed E-state index contributed by atoms with van der Waals surface area (Å²) < 4.78 is 4.22. The Labute approximate surface area is 141 Å². The number of aryl methyl sites for hydroxylation is 1. The Hall–Kier alpha value is -2.08. The van der Waals surface area contributed by atoms with E-state index in [2.05, 4.69) is 14.9 Å². The first-order chi connectivity index (χ1) is 11.7. The number of carbonyl (C=O) groups excluding carboxylic acids is 1. The number of aliphatic hydroxyl groups is 1.